The number of carbonyl (C=O) groups excluding carboxylic acids is 1. The fourth-order valence-electron chi connectivity index (χ4n) is 2.22. The molecule has 0 N–H and O–H groups in total. The zero-order valence-corrected chi connectivity index (χ0v) is 11.8. The molecule has 1 saturated heterocycles. The molecule has 5 heteroatoms. The maximum absolute atomic E-state index is 11.6. The third kappa shape index (κ3) is 3.03. The van der Waals surface area contributed by atoms with Crippen molar-refractivity contribution in [2.45, 2.75) is 19.9 Å². The van der Waals surface area contributed by atoms with Gasteiger partial charge in [-0.25, -0.2) is 4.79 Å². The molecular weight excluding hydrogens is 248 g/mol. The first-order valence-corrected chi connectivity index (χ1v) is 7.29. The summed E-state index contributed by atoms with van der Waals surface area (Å²) in [4.78, 5) is 17.2. The Morgan fingerprint density at radius 1 is 1.44 bits per heavy atom. The molecule has 1 aliphatic heterocycles. The van der Waals surface area contributed by atoms with Gasteiger partial charge in [0.2, 0.25) is 0 Å². The van der Waals surface area contributed by atoms with E-state index in [9.17, 15) is 4.79 Å². The van der Waals surface area contributed by atoms with Crippen LogP contribution in [-0.4, -0.2) is 48.7 Å². The SMILES string of the molecule is CCOC(=O)N1CCN(C(C)c2cccs2)CC1. The van der Waals surface area contributed by atoms with Gasteiger partial charge in [-0.15, -0.1) is 11.3 Å². The predicted molar refractivity (Wildman–Crippen MR) is 72.9 cm³/mol. The molecule has 0 aromatic carbocycles. The maximum atomic E-state index is 11.6. The molecule has 1 unspecified atom stereocenters. The van der Waals surface area contributed by atoms with Crippen LogP contribution in [0.1, 0.15) is 24.8 Å². The van der Waals surface area contributed by atoms with Crippen LogP contribution in [0.3, 0.4) is 0 Å². The van der Waals surface area contributed by atoms with E-state index < -0.39 is 0 Å². The summed E-state index contributed by atoms with van der Waals surface area (Å²) in [6.45, 7) is 7.86. The first kappa shape index (κ1) is 13.4. The van der Waals surface area contributed by atoms with Crippen molar-refractivity contribution in [2.75, 3.05) is 32.8 Å². The summed E-state index contributed by atoms with van der Waals surface area (Å²) in [7, 11) is 0. The summed E-state index contributed by atoms with van der Waals surface area (Å²) in [5.41, 5.74) is 0. The number of amides is 1. The lowest BCUT2D eigenvalue weighted by atomic mass is 10.2. The molecular formula is C13H20N2O2S. The van der Waals surface area contributed by atoms with Gasteiger partial charge < -0.3 is 9.64 Å². The van der Waals surface area contributed by atoms with Crippen molar-refractivity contribution < 1.29 is 9.53 Å². The number of thiophene rings is 1. The Kier molecular flexibility index (Phi) is 4.60. The second kappa shape index (κ2) is 6.20. The molecule has 0 bridgehead atoms. The fraction of sp³-hybridized carbons (Fsp3) is 0.615. The Balaban J connectivity index is 1.85. The van der Waals surface area contributed by atoms with Gasteiger partial charge in [-0.3, -0.25) is 4.90 Å². The summed E-state index contributed by atoms with van der Waals surface area (Å²) in [6, 6.07) is 4.70. The largest absolute Gasteiger partial charge is 0.450 e. The maximum Gasteiger partial charge on any atom is 0.409 e. The number of piperazine rings is 1. The van der Waals surface area contributed by atoms with Crippen LogP contribution in [0.25, 0.3) is 0 Å². The molecule has 18 heavy (non-hydrogen) atoms. The average Bonchev–Trinajstić information content (AvgIpc) is 2.92. The Hall–Kier alpha value is -1.07. The standard InChI is InChI=1S/C13H20N2O2S/c1-3-17-13(16)15-8-6-14(7-9-15)11(2)12-5-4-10-18-12/h4-5,10-11H,3,6-9H2,1-2H3. The Morgan fingerprint density at radius 3 is 2.72 bits per heavy atom. The van der Waals surface area contributed by atoms with Crippen LogP contribution in [0.15, 0.2) is 17.5 Å². The zero-order chi connectivity index (χ0) is 13.0. The van der Waals surface area contributed by atoms with Crippen molar-refractivity contribution >= 4 is 17.4 Å². The van der Waals surface area contributed by atoms with Gasteiger partial charge in [0.15, 0.2) is 0 Å². The molecule has 2 rings (SSSR count). The molecule has 0 saturated carbocycles. The summed E-state index contributed by atoms with van der Waals surface area (Å²) in [6.07, 6.45) is -0.180. The molecule has 0 spiro atoms. The van der Waals surface area contributed by atoms with Gasteiger partial charge >= 0.3 is 6.09 Å². The highest BCUT2D eigenvalue weighted by Crippen LogP contribution is 2.25. The first-order valence-electron chi connectivity index (χ1n) is 6.41. The third-order valence-electron chi connectivity index (χ3n) is 3.34. The van der Waals surface area contributed by atoms with Crippen LogP contribution in [0, 0.1) is 0 Å². The second-order valence-corrected chi connectivity index (χ2v) is 5.39. The van der Waals surface area contributed by atoms with Crippen molar-refractivity contribution in [3.8, 4) is 0 Å². The molecule has 1 aromatic heterocycles. The Labute approximate surface area is 112 Å². The van der Waals surface area contributed by atoms with Crippen LogP contribution in [0.4, 0.5) is 4.79 Å². The molecule has 1 aliphatic rings. The lowest BCUT2D eigenvalue weighted by molar-refractivity contribution is 0.0691. The van der Waals surface area contributed by atoms with E-state index in [1.807, 2.05) is 6.92 Å². The summed E-state index contributed by atoms with van der Waals surface area (Å²) in [5, 5.41) is 2.11. The normalized spacial score (nSPS) is 18.7. The van der Waals surface area contributed by atoms with Crippen LogP contribution in [-0.2, 0) is 4.74 Å². The minimum absolute atomic E-state index is 0.180. The molecule has 100 valence electrons. The molecule has 1 atom stereocenters. The van der Waals surface area contributed by atoms with Gasteiger partial charge in [-0.1, -0.05) is 6.07 Å². The van der Waals surface area contributed by atoms with E-state index in [0.717, 1.165) is 26.2 Å². The fourth-order valence-corrected chi connectivity index (χ4v) is 3.03. The zero-order valence-electron chi connectivity index (χ0n) is 11.0. The number of nitrogens with zero attached hydrogens (tertiary/aromatic N) is 2. The van der Waals surface area contributed by atoms with E-state index in [-0.39, 0.29) is 6.09 Å². The molecule has 1 amide bonds. The van der Waals surface area contributed by atoms with E-state index in [1.165, 1.54) is 4.88 Å². The third-order valence-corrected chi connectivity index (χ3v) is 4.39. The van der Waals surface area contributed by atoms with Gasteiger partial charge in [-0.2, -0.15) is 0 Å². The highest BCUT2D eigenvalue weighted by Gasteiger charge is 2.25. The lowest BCUT2D eigenvalue weighted by Gasteiger charge is -2.37. The monoisotopic (exact) mass is 268 g/mol. The van der Waals surface area contributed by atoms with Crippen molar-refractivity contribution in [2.24, 2.45) is 0 Å². The molecule has 0 aliphatic carbocycles. The predicted octanol–water partition coefficient (Wildman–Crippen LogP) is 2.58. The smallest absolute Gasteiger partial charge is 0.409 e. The number of carbonyl (C=O) groups is 1. The highest BCUT2D eigenvalue weighted by molar-refractivity contribution is 7.10. The number of rotatable bonds is 3. The Bertz CT molecular complexity index is 372. The highest BCUT2D eigenvalue weighted by atomic mass is 32.1. The van der Waals surface area contributed by atoms with Crippen molar-refractivity contribution in [1.82, 2.24) is 9.80 Å². The summed E-state index contributed by atoms with van der Waals surface area (Å²) >= 11 is 1.79. The van der Waals surface area contributed by atoms with E-state index in [2.05, 4.69) is 29.3 Å². The first-order chi connectivity index (χ1) is 8.72. The lowest BCUT2D eigenvalue weighted by Crippen LogP contribution is -2.49. The van der Waals surface area contributed by atoms with Crippen molar-refractivity contribution in [3.63, 3.8) is 0 Å². The van der Waals surface area contributed by atoms with Gasteiger partial charge in [0.25, 0.3) is 0 Å². The topological polar surface area (TPSA) is 32.8 Å². The quantitative estimate of drug-likeness (QED) is 0.844. The van der Waals surface area contributed by atoms with E-state index in [0.29, 0.717) is 12.6 Å². The van der Waals surface area contributed by atoms with Crippen molar-refractivity contribution in [3.05, 3.63) is 22.4 Å². The van der Waals surface area contributed by atoms with E-state index in [1.54, 1.807) is 16.2 Å². The Morgan fingerprint density at radius 2 is 2.17 bits per heavy atom. The molecule has 1 aromatic rings. The van der Waals surface area contributed by atoms with Crippen LogP contribution < -0.4 is 0 Å². The van der Waals surface area contributed by atoms with Crippen LogP contribution >= 0.6 is 11.3 Å². The number of ether oxygens (including phenoxy) is 1. The van der Waals surface area contributed by atoms with Gasteiger partial charge in [0.05, 0.1) is 6.61 Å². The molecule has 1 fully saturated rings. The van der Waals surface area contributed by atoms with Gasteiger partial charge in [0.1, 0.15) is 0 Å². The van der Waals surface area contributed by atoms with Crippen LogP contribution in [0.2, 0.25) is 0 Å². The van der Waals surface area contributed by atoms with Crippen LogP contribution in [0.5, 0.6) is 0 Å². The van der Waals surface area contributed by atoms with E-state index in [4.69, 9.17) is 4.74 Å². The summed E-state index contributed by atoms with van der Waals surface area (Å²) in [5.74, 6) is 0. The minimum atomic E-state index is -0.180. The minimum Gasteiger partial charge on any atom is -0.450 e. The second-order valence-electron chi connectivity index (χ2n) is 4.41. The number of hydrogen-bond donors (Lipinski definition) is 0. The summed E-state index contributed by atoms with van der Waals surface area (Å²) < 4.78 is 5.02. The van der Waals surface area contributed by atoms with Crippen molar-refractivity contribution in [1.29, 1.82) is 0 Å². The molecule has 4 nitrogen and oxygen atoms in total. The molecule has 0 radical (unpaired) electrons. The van der Waals surface area contributed by atoms with Gasteiger partial charge in [-0.05, 0) is 25.3 Å². The number of hydrogen-bond acceptors (Lipinski definition) is 4. The average molecular weight is 268 g/mol. The molecule has 2 heterocycles. The van der Waals surface area contributed by atoms with E-state index >= 15 is 0 Å². The van der Waals surface area contributed by atoms with Gasteiger partial charge in [0, 0.05) is 37.1 Å².